The van der Waals surface area contributed by atoms with Crippen LogP contribution in [0.3, 0.4) is 0 Å². The Balaban J connectivity index is 2.31. The number of hydrogen-bond acceptors (Lipinski definition) is 1. The lowest BCUT2D eigenvalue weighted by molar-refractivity contribution is -0.903. The minimum Gasteiger partial charge on any atom is -0.325 e. The van der Waals surface area contributed by atoms with Crippen LogP contribution < -0.4 is 0 Å². The number of ketones is 1. The maximum absolute atomic E-state index is 11.1. The first-order valence-corrected chi connectivity index (χ1v) is 6.55. The van der Waals surface area contributed by atoms with Gasteiger partial charge in [-0.05, 0) is 18.9 Å². The van der Waals surface area contributed by atoms with Crippen LogP contribution in [0.2, 0.25) is 0 Å². The van der Waals surface area contributed by atoms with Crippen LogP contribution in [-0.2, 0) is 11.3 Å². The Morgan fingerprint density at radius 3 is 2.50 bits per heavy atom. The third-order valence-electron chi connectivity index (χ3n) is 3.12. The molecule has 0 aromatic heterocycles. The van der Waals surface area contributed by atoms with Crippen LogP contribution in [0.5, 0.6) is 0 Å². The summed E-state index contributed by atoms with van der Waals surface area (Å²) in [5.41, 5.74) is 1.37. The lowest BCUT2D eigenvalue weighted by atomic mass is 10.1. The van der Waals surface area contributed by atoms with Crippen molar-refractivity contribution in [3.05, 3.63) is 48.6 Å². The summed E-state index contributed by atoms with van der Waals surface area (Å²) in [4.78, 5) is 11.1. The number of rotatable bonds is 8. The number of nitrogens with zero attached hydrogens (tertiary/aromatic N) is 1. The molecule has 0 unspecified atom stereocenters. The van der Waals surface area contributed by atoms with Gasteiger partial charge in [0.15, 0.2) is 5.78 Å². The highest BCUT2D eigenvalue weighted by Gasteiger charge is 2.15. The summed E-state index contributed by atoms with van der Waals surface area (Å²) >= 11 is 0. The molecule has 0 saturated carbocycles. The van der Waals surface area contributed by atoms with Gasteiger partial charge in [0.05, 0.1) is 20.6 Å². The van der Waals surface area contributed by atoms with Gasteiger partial charge in [0.2, 0.25) is 0 Å². The van der Waals surface area contributed by atoms with E-state index in [1.54, 1.807) is 0 Å². The number of hydrogen-bond donors (Lipinski definition) is 0. The lowest BCUT2D eigenvalue weighted by Gasteiger charge is -2.30. The summed E-state index contributed by atoms with van der Waals surface area (Å²) in [5.74, 6) is 0.156. The molecular formula is C16H24NO+. The quantitative estimate of drug-likeness (QED) is 0.391. The molecule has 0 fully saturated rings. The van der Waals surface area contributed by atoms with E-state index in [9.17, 15) is 4.79 Å². The first kappa shape index (κ1) is 14.7. The van der Waals surface area contributed by atoms with Gasteiger partial charge in [-0.3, -0.25) is 4.79 Å². The van der Waals surface area contributed by atoms with Gasteiger partial charge in [-0.15, -0.1) is 0 Å². The van der Waals surface area contributed by atoms with Crippen LogP contribution in [0, 0.1) is 0 Å². The molecule has 0 atom stereocenters. The van der Waals surface area contributed by atoms with E-state index in [1.807, 2.05) is 6.07 Å². The standard InChI is InChI=1S/C16H24NO/c1-4-16(18)12-8-9-13-17(2,3)14-15-10-6-5-7-11-15/h4-7,10-11H,1,8-9,12-14H2,2-3H3/q+1. The fourth-order valence-electron chi connectivity index (χ4n) is 2.10. The normalized spacial score (nSPS) is 11.2. The Labute approximate surface area is 111 Å². The number of carbonyl (C=O) groups excluding carboxylic acids is 1. The summed E-state index contributed by atoms with van der Waals surface area (Å²) in [6.45, 7) is 5.62. The lowest BCUT2D eigenvalue weighted by Crippen LogP contribution is -2.39. The van der Waals surface area contributed by atoms with Crippen molar-refractivity contribution in [2.24, 2.45) is 0 Å². The van der Waals surface area contributed by atoms with Gasteiger partial charge >= 0.3 is 0 Å². The van der Waals surface area contributed by atoms with Crippen molar-refractivity contribution in [1.82, 2.24) is 0 Å². The molecular weight excluding hydrogens is 222 g/mol. The molecule has 2 heteroatoms. The van der Waals surface area contributed by atoms with Crippen molar-refractivity contribution in [1.29, 1.82) is 0 Å². The van der Waals surface area contributed by atoms with Crippen LogP contribution in [0.15, 0.2) is 43.0 Å². The van der Waals surface area contributed by atoms with Gasteiger partial charge in [0, 0.05) is 12.0 Å². The third-order valence-corrected chi connectivity index (χ3v) is 3.12. The molecule has 0 N–H and O–H groups in total. The van der Waals surface area contributed by atoms with Crippen LogP contribution in [0.4, 0.5) is 0 Å². The Bertz CT molecular complexity index is 381. The molecule has 0 amide bonds. The minimum absolute atomic E-state index is 0.156. The van der Waals surface area contributed by atoms with Crippen molar-refractivity contribution in [2.45, 2.75) is 25.8 Å². The van der Waals surface area contributed by atoms with Crippen LogP contribution in [0.25, 0.3) is 0 Å². The summed E-state index contributed by atoms with van der Waals surface area (Å²) in [6, 6.07) is 10.5. The molecule has 0 aliphatic carbocycles. The molecule has 0 bridgehead atoms. The zero-order valence-electron chi connectivity index (χ0n) is 11.6. The zero-order valence-corrected chi connectivity index (χ0v) is 11.6. The fraction of sp³-hybridized carbons (Fsp3) is 0.438. The van der Waals surface area contributed by atoms with Gasteiger partial charge in [-0.1, -0.05) is 36.9 Å². The van der Waals surface area contributed by atoms with Crippen molar-refractivity contribution >= 4 is 5.78 Å². The molecule has 1 aromatic rings. The number of benzene rings is 1. The molecule has 1 rings (SSSR count). The number of carbonyl (C=O) groups is 1. The van der Waals surface area contributed by atoms with Gasteiger partial charge in [0.25, 0.3) is 0 Å². The molecule has 1 aromatic carbocycles. The highest BCUT2D eigenvalue weighted by atomic mass is 16.1. The van der Waals surface area contributed by atoms with Crippen LogP contribution in [0.1, 0.15) is 24.8 Å². The molecule has 0 aliphatic rings. The first-order valence-electron chi connectivity index (χ1n) is 6.55. The summed E-state index contributed by atoms with van der Waals surface area (Å²) in [6.07, 6.45) is 4.10. The first-order chi connectivity index (χ1) is 8.53. The number of unbranched alkanes of at least 4 members (excludes halogenated alkanes) is 1. The van der Waals surface area contributed by atoms with E-state index in [2.05, 4.69) is 44.9 Å². The second kappa shape index (κ2) is 7.12. The van der Waals surface area contributed by atoms with Crippen LogP contribution >= 0.6 is 0 Å². The Kier molecular flexibility index (Phi) is 5.79. The van der Waals surface area contributed by atoms with E-state index in [4.69, 9.17) is 0 Å². The molecule has 0 spiro atoms. The van der Waals surface area contributed by atoms with Gasteiger partial charge in [-0.25, -0.2) is 0 Å². The van der Waals surface area contributed by atoms with Crippen LogP contribution in [-0.4, -0.2) is 30.9 Å². The largest absolute Gasteiger partial charge is 0.325 e. The zero-order chi connectivity index (χ0) is 13.4. The number of quaternary nitrogens is 1. The van der Waals surface area contributed by atoms with Crippen molar-refractivity contribution in [3.8, 4) is 0 Å². The van der Waals surface area contributed by atoms with Crippen molar-refractivity contribution in [3.63, 3.8) is 0 Å². The Morgan fingerprint density at radius 1 is 1.22 bits per heavy atom. The summed E-state index contributed by atoms with van der Waals surface area (Å²) in [5, 5.41) is 0. The average Bonchev–Trinajstić information content (AvgIpc) is 2.35. The monoisotopic (exact) mass is 246 g/mol. The second-order valence-corrected chi connectivity index (χ2v) is 5.43. The molecule has 18 heavy (non-hydrogen) atoms. The second-order valence-electron chi connectivity index (χ2n) is 5.43. The Hall–Kier alpha value is -1.41. The predicted molar refractivity (Wildman–Crippen MR) is 76.2 cm³/mol. The summed E-state index contributed by atoms with van der Waals surface area (Å²) < 4.78 is 0.965. The molecule has 0 heterocycles. The van der Waals surface area contributed by atoms with E-state index >= 15 is 0 Å². The molecule has 2 nitrogen and oxygen atoms in total. The topological polar surface area (TPSA) is 17.1 Å². The maximum Gasteiger partial charge on any atom is 0.155 e. The minimum atomic E-state index is 0.156. The van der Waals surface area contributed by atoms with Crippen molar-refractivity contribution < 1.29 is 9.28 Å². The molecule has 98 valence electrons. The predicted octanol–water partition coefficient (Wildman–Crippen LogP) is 3.19. The maximum atomic E-state index is 11.1. The average molecular weight is 246 g/mol. The highest BCUT2D eigenvalue weighted by Crippen LogP contribution is 2.11. The van der Waals surface area contributed by atoms with E-state index in [0.29, 0.717) is 6.42 Å². The third kappa shape index (κ3) is 5.78. The van der Waals surface area contributed by atoms with E-state index in [0.717, 1.165) is 30.4 Å². The van der Waals surface area contributed by atoms with E-state index in [-0.39, 0.29) is 5.78 Å². The molecule has 0 aliphatic heterocycles. The van der Waals surface area contributed by atoms with E-state index in [1.165, 1.54) is 11.6 Å². The van der Waals surface area contributed by atoms with Gasteiger partial charge in [-0.2, -0.15) is 0 Å². The highest BCUT2D eigenvalue weighted by molar-refractivity contribution is 5.88. The smallest absolute Gasteiger partial charge is 0.155 e. The van der Waals surface area contributed by atoms with Gasteiger partial charge in [0.1, 0.15) is 6.54 Å². The SMILES string of the molecule is C=CC(=O)CCCC[N+](C)(C)Cc1ccccc1. The molecule has 0 saturated heterocycles. The Morgan fingerprint density at radius 2 is 1.89 bits per heavy atom. The fourth-order valence-corrected chi connectivity index (χ4v) is 2.10. The summed E-state index contributed by atoms with van der Waals surface area (Å²) in [7, 11) is 4.48. The van der Waals surface area contributed by atoms with Gasteiger partial charge < -0.3 is 4.48 Å². The van der Waals surface area contributed by atoms with Crippen molar-refractivity contribution in [2.75, 3.05) is 20.6 Å². The molecule has 0 radical (unpaired) electrons. The number of allylic oxidation sites excluding steroid dienone is 1. The van der Waals surface area contributed by atoms with E-state index < -0.39 is 0 Å².